The largest absolute Gasteiger partial charge is 0.356 e. The van der Waals surface area contributed by atoms with Gasteiger partial charge in [-0.15, -0.1) is 0 Å². The van der Waals surface area contributed by atoms with E-state index in [-0.39, 0.29) is 5.91 Å². The minimum absolute atomic E-state index is 0.00827. The zero-order chi connectivity index (χ0) is 16.1. The Kier molecular flexibility index (Phi) is 5.85. The van der Waals surface area contributed by atoms with Gasteiger partial charge in [0.2, 0.25) is 5.91 Å². The normalized spacial score (nSPS) is 10.9. The fourth-order valence-electron chi connectivity index (χ4n) is 2.03. The minimum Gasteiger partial charge on any atom is -0.356 e. The van der Waals surface area contributed by atoms with Crippen LogP contribution in [-0.2, 0) is 17.9 Å². The van der Waals surface area contributed by atoms with Crippen LogP contribution >= 0.6 is 23.2 Å². The molecular weight excluding hydrogens is 325 g/mol. The predicted octanol–water partition coefficient (Wildman–Crippen LogP) is 2.60. The summed E-state index contributed by atoms with van der Waals surface area (Å²) in [5.41, 5.74) is 1.80. The number of aromatic nitrogens is 4. The average Bonchev–Trinajstić information content (AvgIpc) is 3.01. The summed E-state index contributed by atoms with van der Waals surface area (Å²) < 4.78 is 3.42. The smallest absolute Gasteiger partial charge is 0.221 e. The number of nitrogens with zero attached hydrogens (tertiary/aromatic N) is 4. The Labute approximate surface area is 139 Å². The van der Waals surface area contributed by atoms with Crippen molar-refractivity contribution < 1.29 is 4.79 Å². The molecule has 0 bridgehead atoms. The second kappa shape index (κ2) is 7.65. The molecule has 0 aliphatic heterocycles. The summed E-state index contributed by atoms with van der Waals surface area (Å²) in [6.07, 6.45) is 4.84. The van der Waals surface area contributed by atoms with Gasteiger partial charge in [0.1, 0.15) is 10.2 Å². The number of aryl methyl sites for hydroxylation is 4. The van der Waals surface area contributed by atoms with Gasteiger partial charge in [0.05, 0.1) is 11.9 Å². The number of hydrogen-bond acceptors (Lipinski definition) is 3. The van der Waals surface area contributed by atoms with Crippen LogP contribution in [-0.4, -0.2) is 32.0 Å². The van der Waals surface area contributed by atoms with E-state index in [2.05, 4.69) is 15.5 Å². The van der Waals surface area contributed by atoms with Crippen LogP contribution in [0.5, 0.6) is 0 Å². The van der Waals surface area contributed by atoms with Crippen molar-refractivity contribution in [3.63, 3.8) is 0 Å². The molecule has 1 N–H and O–H groups in total. The van der Waals surface area contributed by atoms with Crippen LogP contribution in [0.2, 0.25) is 10.2 Å². The van der Waals surface area contributed by atoms with Gasteiger partial charge in [0.25, 0.3) is 0 Å². The summed E-state index contributed by atoms with van der Waals surface area (Å²) >= 11 is 12.0. The Hall–Kier alpha value is -1.53. The molecule has 0 unspecified atom stereocenters. The fourth-order valence-corrected chi connectivity index (χ4v) is 2.42. The van der Waals surface area contributed by atoms with Crippen molar-refractivity contribution in [2.45, 2.75) is 39.8 Å². The van der Waals surface area contributed by atoms with Crippen LogP contribution in [0.15, 0.2) is 12.4 Å². The van der Waals surface area contributed by atoms with Gasteiger partial charge in [-0.1, -0.05) is 23.2 Å². The zero-order valence-corrected chi connectivity index (χ0v) is 14.2. The molecule has 0 aliphatic rings. The number of carbonyl (C=O) groups is 1. The number of rotatable bonds is 7. The summed E-state index contributed by atoms with van der Waals surface area (Å²) in [5, 5.41) is 12.2. The van der Waals surface area contributed by atoms with E-state index in [1.807, 2.05) is 20.0 Å². The Balaban J connectivity index is 1.65. The van der Waals surface area contributed by atoms with E-state index in [1.54, 1.807) is 15.6 Å². The van der Waals surface area contributed by atoms with Gasteiger partial charge in [-0.3, -0.25) is 14.2 Å². The fraction of sp³-hybridized carbons (Fsp3) is 0.500. The molecule has 22 heavy (non-hydrogen) atoms. The van der Waals surface area contributed by atoms with Crippen LogP contribution in [0.25, 0.3) is 0 Å². The highest BCUT2D eigenvalue weighted by Crippen LogP contribution is 2.24. The molecule has 0 atom stereocenters. The molecule has 0 saturated carbocycles. The number of carbonyl (C=O) groups excluding carboxylic acids is 1. The minimum atomic E-state index is 0.00827. The monoisotopic (exact) mass is 343 g/mol. The van der Waals surface area contributed by atoms with Crippen molar-refractivity contribution in [2.24, 2.45) is 0 Å². The van der Waals surface area contributed by atoms with Crippen molar-refractivity contribution in [2.75, 3.05) is 6.54 Å². The number of hydrogen-bond donors (Lipinski definition) is 1. The summed E-state index contributed by atoms with van der Waals surface area (Å²) in [6, 6.07) is 0. The van der Waals surface area contributed by atoms with E-state index < -0.39 is 0 Å². The van der Waals surface area contributed by atoms with Crippen molar-refractivity contribution in [1.29, 1.82) is 0 Å². The van der Waals surface area contributed by atoms with Crippen LogP contribution in [0.4, 0.5) is 0 Å². The summed E-state index contributed by atoms with van der Waals surface area (Å²) in [7, 11) is 0. The van der Waals surface area contributed by atoms with Crippen molar-refractivity contribution in [3.8, 4) is 0 Å². The van der Waals surface area contributed by atoms with Crippen LogP contribution < -0.4 is 5.32 Å². The Morgan fingerprint density at radius 1 is 1.32 bits per heavy atom. The van der Waals surface area contributed by atoms with Gasteiger partial charge in [0, 0.05) is 32.3 Å². The van der Waals surface area contributed by atoms with Crippen molar-refractivity contribution >= 4 is 29.1 Å². The lowest BCUT2D eigenvalue weighted by atomic mass is 10.3. The van der Waals surface area contributed by atoms with E-state index in [1.165, 1.54) is 0 Å². The third kappa shape index (κ3) is 4.48. The molecule has 2 heterocycles. The predicted molar refractivity (Wildman–Crippen MR) is 86.2 cm³/mol. The quantitative estimate of drug-likeness (QED) is 0.786. The molecule has 0 aliphatic carbocycles. The molecule has 0 fully saturated rings. The molecule has 2 rings (SSSR count). The van der Waals surface area contributed by atoms with Crippen molar-refractivity contribution in [3.05, 3.63) is 33.8 Å². The maximum atomic E-state index is 11.7. The number of amides is 1. The van der Waals surface area contributed by atoms with E-state index in [0.717, 1.165) is 12.0 Å². The molecule has 1 amide bonds. The molecule has 0 spiro atoms. The Bertz CT molecular complexity index is 650. The SMILES string of the molecule is Cc1cnn(CCC(=O)NCCCn2nc(C)c(Cl)c2Cl)c1. The van der Waals surface area contributed by atoms with E-state index in [0.29, 0.717) is 41.9 Å². The Morgan fingerprint density at radius 2 is 2.09 bits per heavy atom. The standard InChI is InChI=1S/C14H19Cl2N5O/c1-10-8-18-20(9-10)7-4-12(22)17-5-3-6-21-14(16)13(15)11(2)19-21/h8-9H,3-7H2,1-2H3,(H,17,22). The Morgan fingerprint density at radius 3 is 2.68 bits per heavy atom. The van der Waals surface area contributed by atoms with Gasteiger partial charge in [0.15, 0.2) is 0 Å². The average molecular weight is 344 g/mol. The maximum absolute atomic E-state index is 11.7. The first kappa shape index (κ1) is 16.8. The van der Waals surface area contributed by atoms with E-state index in [9.17, 15) is 4.79 Å². The van der Waals surface area contributed by atoms with Gasteiger partial charge in [-0.25, -0.2) is 0 Å². The van der Waals surface area contributed by atoms with Gasteiger partial charge >= 0.3 is 0 Å². The first-order valence-corrected chi connectivity index (χ1v) is 7.87. The molecule has 0 aromatic carbocycles. The molecule has 0 saturated heterocycles. The lowest BCUT2D eigenvalue weighted by molar-refractivity contribution is -0.121. The van der Waals surface area contributed by atoms with Gasteiger partial charge in [-0.2, -0.15) is 10.2 Å². The molecular formula is C14H19Cl2N5O. The third-order valence-electron chi connectivity index (χ3n) is 3.20. The summed E-state index contributed by atoms with van der Waals surface area (Å²) in [6.45, 7) is 5.55. The lowest BCUT2D eigenvalue weighted by Gasteiger charge is -2.06. The first-order chi connectivity index (χ1) is 10.5. The van der Waals surface area contributed by atoms with Crippen LogP contribution in [0.1, 0.15) is 24.1 Å². The van der Waals surface area contributed by atoms with Crippen LogP contribution in [0.3, 0.4) is 0 Å². The third-order valence-corrected chi connectivity index (χ3v) is 4.13. The summed E-state index contributed by atoms with van der Waals surface area (Å²) in [4.78, 5) is 11.7. The van der Waals surface area contributed by atoms with E-state index >= 15 is 0 Å². The zero-order valence-electron chi connectivity index (χ0n) is 12.6. The molecule has 8 heteroatoms. The van der Waals surface area contributed by atoms with Gasteiger partial charge in [-0.05, 0) is 25.8 Å². The topological polar surface area (TPSA) is 64.7 Å². The first-order valence-electron chi connectivity index (χ1n) is 7.11. The molecule has 0 radical (unpaired) electrons. The molecule has 6 nitrogen and oxygen atoms in total. The molecule has 2 aromatic heterocycles. The molecule has 120 valence electrons. The van der Waals surface area contributed by atoms with E-state index in [4.69, 9.17) is 23.2 Å². The molecule has 2 aromatic rings. The highest BCUT2D eigenvalue weighted by Gasteiger charge is 2.10. The second-order valence-corrected chi connectivity index (χ2v) is 5.88. The lowest BCUT2D eigenvalue weighted by Crippen LogP contribution is -2.26. The van der Waals surface area contributed by atoms with Gasteiger partial charge < -0.3 is 5.32 Å². The second-order valence-electron chi connectivity index (χ2n) is 5.15. The number of halogens is 2. The van der Waals surface area contributed by atoms with Crippen molar-refractivity contribution in [1.82, 2.24) is 24.9 Å². The highest BCUT2D eigenvalue weighted by molar-refractivity contribution is 6.41. The maximum Gasteiger partial charge on any atom is 0.221 e. The van der Waals surface area contributed by atoms with Crippen LogP contribution in [0, 0.1) is 13.8 Å². The number of nitrogens with one attached hydrogen (secondary N) is 1. The summed E-state index contributed by atoms with van der Waals surface area (Å²) in [5.74, 6) is 0.00827. The highest BCUT2D eigenvalue weighted by atomic mass is 35.5.